The summed E-state index contributed by atoms with van der Waals surface area (Å²) in [5, 5.41) is 2.77. The van der Waals surface area contributed by atoms with Crippen molar-refractivity contribution in [3.05, 3.63) is 59.7 Å². The fraction of sp³-hybridized carbons (Fsp3) is 0.381. The van der Waals surface area contributed by atoms with Crippen molar-refractivity contribution in [1.29, 1.82) is 0 Å². The molecule has 0 fully saturated rings. The zero-order valence-corrected chi connectivity index (χ0v) is 16.1. The minimum atomic E-state index is -4.39. The summed E-state index contributed by atoms with van der Waals surface area (Å²) in [7, 11) is 0. The van der Waals surface area contributed by atoms with Crippen LogP contribution in [0.5, 0.6) is 5.75 Å². The van der Waals surface area contributed by atoms with Gasteiger partial charge in [-0.25, -0.2) is 0 Å². The summed E-state index contributed by atoms with van der Waals surface area (Å²) in [6, 6.07) is 11.7. The van der Waals surface area contributed by atoms with E-state index in [-0.39, 0.29) is 12.3 Å². The molecule has 1 N–H and O–H groups in total. The molecule has 2 rings (SSSR count). The molecule has 0 aliphatic heterocycles. The monoisotopic (exact) mass is 394 g/mol. The smallest absolute Gasteiger partial charge is 0.416 e. The first-order valence-electron chi connectivity index (χ1n) is 9.23. The molecule has 0 saturated heterocycles. The maximum Gasteiger partial charge on any atom is 0.416 e. The molecule has 4 nitrogen and oxygen atoms in total. The highest BCUT2D eigenvalue weighted by Crippen LogP contribution is 2.29. The van der Waals surface area contributed by atoms with E-state index >= 15 is 0 Å². The maximum atomic E-state index is 12.6. The minimum Gasteiger partial charge on any atom is -0.490 e. The van der Waals surface area contributed by atoms with Gasteiger partial charge >= 0.3 is 6.18 Å². The first kappa shape index (κ1) is 21.8. The summed E-state index contributed by atoms with van der Waals surface area (Å²) < 4.78 is 43.6. The molecule has 0 aromatic heterocycles. The van der Waals surface area contributed by atoms with Gasteiger partial charge in [0.2, 0.25) is 5.91 Å². The van der Waals surface area contributed by atoms with Gasteiger partial charge in [0.25, 0.3) is 0 Å². The lowest BCUT2D eigenvalue weighted by molar-refractivity contribution is -0.137. The second-order valence-electron chi connectivity index (χ2n) is 6.29. The summed E-state index contributed by atoms with van der Waals surface area (Å²) in [6.45, 7) is 7.31. The van der Waals surface area contributed by atoms with Gasteiger partial charge in [0.15, 0.2) is 0 Å². The standard InChI is InChI=1S/C21H25F3N2O2/c1-3-26(4-2)13-14-28-19-8-6-5-7-18(19)25-20(27)15-16-9-11-17(12-10-16)21(22,23)24/h5-12H,3-4,13-15H2,1-2H3,(H,25,27). The summed E-state index contributed by atoms with van der Waals surface area (Å²) in [6.07, 6.45) is -4.41. The van der Waals surface area contributed by atoms with Crippen LogP contribution in [0.25, 0.3) is 0 Å². The third-order valence-electron chi connectivity index (χ3n) is 4.37. The lowest BCUT2D eigenvalue weighted by atomic mass is 10.1. The van der Waals surface area contributed by atoms with Crippen LogP contribution < -0.4 is 10.1 Å². The number of hydrogen-bond donors (Lipinski definition) is 1. The number of anilines is 1. The summed E-state index contributed by atoms with van der Waals surface area (Å²) in [5.41, 5.74) is 0.313. The number of alkyl halides is 3. The molecular weight excluding hydrogens is 369 g/mol. The van der Waals surface area contributed by atoms with Crippen molar-refractivity contribution < 1.29 is 22.7 Å². The van der Waals surface area contributed by atoms with Crippen LogP contribution in [0.4, 0.5) is 18.9 Å². The van der Waals surface area contributed by atoms with Crippen molar-refractivity contribution in [2.75, 3.05) is 31.6 Å². The van der Waals surface area contributed by atoms with Gasteiger partial charge in [-0.15, -0.1) is 0 Å². The molecule has 0 aliphatic carbocycles. The van der Waals surface area contributed by atoms with Crippen LogP contribution in [-0.2, 0) is 17.4 Å². The van der Waals surface area contributed by atoms with Gasteiger partial charge in [-0.05, 0) is 42.9 Å². The highest BCUT2D eigenvalue weighted by Gasteiger charge is 2.29. The maximum absolute atomic E-state index is 12.6. The van der Waals surface area contributed by atoms with E-state index in [0.717, 1.165) is 31.8 Å². The van der Waals surface area contributed by atoms with E-state index in [9.17, 15) is 18.0 Å². The van der Waals surface area contributed by atoms with Crippen LogP contribution in [-0.4, -0.2) is 37.0 Å². The molecule has 2 aromatic carbocycles. The van der Waals surface area contributed by atoms with E-state index in [1.54, 1.807) is 18.2 Å². The van der Waals surface area contributed by atoms with Crippen molar-refractivity contribution in [1.82, 2.24) is 4.90 Å². The van der Waals surface area contributed by atoms with Crippen LogP contribution in [0.2, 0.25) is 0 Å². The second-order valence-corrected chi connectivity index (χ2v) is 6.29. The number of benzene rings is 2. The van der Waals surface area contributed by atoms with Gasteiger partial charge in [0.05, 0.1) is 17.7 Å². The third-order valence-corrected chi connectivity index (χ3v) is 4.37. The number of amides is 1. The van der Waals surface area contributed by atoms with Crippen molar-refractivity contribution in [2.24, 2.45) is 0 Å². The summed E-state index contributed by atoms with van der Waals surface area (Å²) in [5.74, 6) is 0.245. The number of likely N-dealkylation sites (N-methyl/N-ethyl adjacent to an activating group) is 1. The highest BCUT2D eigenvalue weighted by atomic mass is 19.4. The lowest BCUT2D eigenvalue weighted by Crippen LogP contribution is -2.28. The number of nitrogens with one attached hydrogen (secondary N) is 1. The first-order valence-corrected chi connectivity index (χ1v) is 9.23. The van der Waals surface area contributed by atoms with Crippen LogP contribution in [0.1, 0.15) is 25.0 Å². The molecule has 1 amide bonds. The average Bonchev–Trinajstić information content (AvgIpc) is 2.66. The molecule has 0 radical (unpaired) electrons. The van der Waals surface area contributed by atoms with E-state index in [4.69, 9.17) is 4.74 Å². The molecule has 0 bridgehead atoms. The lowest BCUT2D eigenvalue weighted by Gasteiger charge is -2.19. The van der Waals surface area contributed by atoms with E-state index in [1.807, 2.05) is 6.07 Å². The fourth-order valence-corrected chi connectivity index (χ4v) is 2.71. The quantitative estimate of drug-likeness (QED) is 0.676. The number of ether oxygens (including phenoxy) is 1. The van der Waals surface area contributed by atoms with Gasteiger partial charge < -0.3 is 15.0 Å². The Morgan fingerprint density at radius 2 is 1.68 bits per heavy atom. The van der Waals surface area contributed by atoms with Crippen LogP contribution in [0.3, 0.4) is 0 Å². The molecule has 7 heteroatoms. The number of rotatable bonds is 9. The van der Waals surface area contributed by atoms with Crippen LogP contribution in [0, 0.1) is 0 Å². The average molecular weight is 394 g/mol. The number of carbonyl (C=O) groups excluding carboxylic acids is 1. The van der Waals surface area contributed by atoms with E-state index in [1.165, 1.54) is 12.1 Å². The highest BCUT2D eigenvalue weighted by molar-refractivity contribution is 5.93. The van der Waals surface area contributed by atoms with Crippen molar-refractivity contribution in [3.63, 3.8) is 0 Å². The number of hydrogen-bond acceptors (Lipinski definition) is 3. The third kappa shape index (κ3) is 6.56. The Kier molecular flexibility index (Phi) is 7.87. The molecule has 0 heterocycles. The first-order chi connectivity index (χ1) is 13.3. The van der Waals surface area contributed by atoms with Crippen molar-refractivity contribution >= 4 is 11.6 Å². The van der Waals surface area contributed by atoms with Crippen LogP contribution >= 0.6 is 0 Å². The Balaban J connectivity index is 1.94. The predicted octanol–water partition coefficient (Wildman–Crippen LogP) is 4.61. The fourth-order valence-electron chi connectivity index (χ4n) is 2.71. The molecule has 0 spiro atoms. The molecular formula is C21H25F3N2O2. The van der Waals surface area contributed by atoms with Gasteiger partial charge in [-0.1, -0.05) is 38.1 Å². The molecule has 0 aliphatic rings. The van der Waals surface area contributed by atoms with E-state index in [0.29, 0.717) is 23.6 Å². The largest absolute Gasteiger partial charge is 0.490 e. The van der Waals surface area contributed by atoms with Gasteiger partial charge in [-0.2, -0.15) is 13.2 Å². The molecule has 0 unspecified atom stereocenters. The Morgan fingerprint density at radius 1 is 1.04 bits per heavy atom. The number of para-hydroxylation sites is 2. The normalized spacial score (nSPS) is 11.5. The predicted molar refractivity (Wildman–Crippen MR) is 104 cm³/mol. The number of halogens is 3. The van der Waals surface area contributed by atoms with Gasteiger partial charge in [0.1, 0.15) is 12.4 Å². The molecule has 0 atom stereocenters. The van der Waals surface area contributed by atoms with Crippen LogP contribution in [0.15, 0.2) is 48.5 Å². The molecule has 0 saturated carbocycles. The van der Waals surface area contributed by atoms with Gasteiger partial charge in [0, 0.05) is 6.54 Å². The van der Waals surface area contributed by atoms with E-state index in [2.05, 4.69) is 24.1 Å². The Labute approximate surface area is 163 Å². The number of nitrogens with zero attached hydrogens (tertiary/aromatic N) is 1. The molecule has 28 heavy (non-hydrogen) atoms. The van der Waals surface area contributed by atoms with E-state index < -0.39 is 11.7 Å². The molecule has 2 aromatic rings. The van der Waals surface area contributed by atoms with Crippen molar-refractivity contribution in [3.8, 4) is 5.75 Å². The Morgan fingerprint density at radius 3 is 2.29 bits per heavy atom. The zero-order chi connectivity index (χ0) is 20.6. The van der Waals surface area contributed by atoms with Gasteiger partial charge in [-0.3, -0.25) is 4.79 Å². The SMILES string of the molecule is CCN(CC)CCOc1ccccc1NC(=O)Cc1ccc(C(F)(F)F)cc1. The Bertz CT molecular complexity index is 757. The summed E-state index contributed by atoms with van der Waals surface area (Å²) in [4.78, 5) is 14.5. The molecule has 152 valence electrons. The Hall–Kier alpha value is -2.54. The summed E-state index contributed by atoms with van der Waals surface area (Å²) >= 11 is 0. The van der Waals surface area contributed by atoms with Crippen molar-refractivity contribution in [2.45, 2.75) is 26.4 Å². The second kappa shape index (κ2) is 10.1. The number of carbonyl (C=O) groups is 1. The topological polar surface area (TPSA) is 41.6 Å². The minimum absolute atomic E-state index is 0.0219. The zero-order valence-electron chi connectivity index (χ0n) is 16.1.